The molecule has 1 aliphatic rings. The Morgan fingerprint density at radius 1 is 1.60 bits per heavy atom. The van der Waals surface area contributed by atoms with Crippen molar-refractivity contribution in [2.45, 2.75) is 45.2 Å². The molecule has 1 rings (SSSR count). The van der Waals surface area contributed by atoms with Gasteiger partial charge in [-0.3, -0.25) is 4.79 Å². The van der Waals surface area contributed by atoms with Crippen LogP contribution in [0.25, 0.3) is 0 Å². The van der Waals surface area contributed by atoms with Crippen molar-refractivity contribution in [3.8, 4) is 0 Å². The highest BCUT2D eigenvalue weighted by atomic mass is 16.5. The van der Waals surface area contributed by atoms with Crippen LogP contribution in [0.3, 0.4) is 0 Å². The molecule has 0 aromatic rings. The minimum Gasteiger partial charge on any atom is -0.381 e. The van der Waals surface area contributed by atoms with Gasteiger partial charge in [0.25, 0.3) is 0 Å². The van der Waals surface area contributed by atoms with Crippen LogP contribution in [-0.2, 0) is 9.53 Å². The second kappa shape index (κ2) is 6.80. The van der Waals surface area contributed by atoms with Crippen molar-refractivity contribution in [3.05, 3.63) is 0 Å². The number of carbonyl (C=O) groups excluding carboxylic acids is 1. The molecule has 88 valence electrons. The Kier molecular flexibility index (Phi) is 5.65. The Labute approximate surface area is 91.8 Å². The van der Waals surface area contributed by atoms with Gasteiger partial charge in [-0.1, -0.05) is 0 Å². The molecule has 4 nitrogen and oxygen atoms in total. The fraction of sp³-hybridized carbons (Fsp3) is 0.909. The van der Waals surface area contributed by atoms with Gasteiger partial charge in [-0.25, -0.2) is 0 Å². The molecule has 4 heteroatoms. The third-order valence-corrected chi connectivity index (χ3v) is 2.67. The minimum atomic E-state index is 0.113. The first-order valence-electron chi connectivity index (χ1n) is 5.83. The number of piperidine rings is 1. The third-order valence-electron chi connectivity index (χ3n) is 2.67. The average molecular weight is 214 g/mol. The normalized spacial score (nSPS) is 26.3. The van der Waals surface area contributed by atoms with E-state index in [0.29, 0.717) is 31.7 Å². The summed E-state index contributed by atoms with van der Waals surface area (Å²) >= 11 is 0. The summed E-state index contributed by atoms with van der Waals surface area (Å²) in [6.07, 6.45) is 2.54. The molecule has 0 radical (unpaired) electrons. The van der Waals surface area contributed by atoms with E-state index in [0.717, 1.165) is 19.4 Å². The largest absolute Gasteiger partial charge is 0.381 e. The Morgan fingerprint density at radius 2 is 2.40 bits per heavy atom. The van der Waals surface area contributed by atoms with E-state index < -0.39 is 0 Å². The number of rotatable bonds is 5. The van der Waals surface area contributed by atoms with Gasteiger partial charge in [0.15, 0.2) is 0 Å². The maximum atomic E-state index is 11.5. The van der Waals surface area contributed by atoms with E-state index in [1.165, 1.54) is 0 Å². The average Bonchev–Trinajstić information content (AvgIpc) is 2.18. The molecule has 0 bridgehead atoms. The summed E-state index contributed by atoms with van der Waals surface area (Å²) in [7, 11) is 0. The molecule has 1 saturated heterocycles. The molecule has 0 aromatic carbocycles. The summed E-state index contributed by atoms with van der Waals surface area (Å²) in [5, 5.41) is 6.41. The van der Waals surface area contributed by atoms with Crippen LogP contribution in [0.1, 0.15) is 33.1 Å². The van der Waals surface area contributed by atoms with Gasteiger partial charge < -0.3 is 15.4 Å². The summed E-state index contributed by atoms with van der Waals surface area (Å²) < 4.78 is 5.14. The predicted octanol–water partition coefficient (Wildman–Crippen LogP) is 0.670. The van der Waals surface area contributed by atoms with E-state index in [1.54, 1.807) is 0 Å². The molecule has 0 aliphatic carbocycles. The zero-order valence-corrected chi connectivity index (χ0v) is 9.71. The minimum absolute atomic E-state index is 0.113. The first-order chi connectivity index (χ1) is 7.22. The maximum Gasteiger partial charge on any atom is 0.222 e. The first kappa shape index (κ1) is 12.5. The molecule has 1 fully saturated rings. The van der Waals surface area contributed by atoms with Crippen molar-refractivity contribution < 1.29 is 9.53 Å². The lowest BCUT2D eigenvalue weighted by Gasteiger charge is -2.28. The highest BCUT2D eigenvalue weighted by Gasteiger charge is 2.19. The molecule has 2 unspecified atom stereocenters. The van der Waals surface area contributed by atoms with Crippen molar-refractivity contribution in [1.29, 1.82) is 0 Å². The van der Waals surface area contributed by atoms with Crippen molar-refractivity contribution in [2.75, 3.05) is 19.8 Å². The highest BCUT2D eigenvalue weighted by molar-refractivity contribution is 5.76. The lowest BCUT2D eigenvalue weighted by Crippen LogP contribution is -2.46. The fourth-order valence-electron chi connectivity index (χ4n) is 1.87. The third kappa shape index (κ3) is 5.14. The standard InChI is InChI=1S/C11H22N2O2/c1-3-15-7-5-11(14)13-10-4-6-12-9(2)8-10/h9-10,12H,3-8H2,1-2H3,(H,13,14). The molecule has 1 amide bonds. The first-order valence-corrected chi connectivity index (χ1v) is 5.83. The van der Waals surface area contributed by atoms with Crippen LogP contribution < -0.4 is 10.6 Å². The molecular formula is C11H22N2O2. The summed E-state index contributed by atoms with van der Waals surface area (Å²) in [5.74, 6) is 0.113. The number of amides is 1. The Balaban J connectivity index is 2.13. The van der Waals surface area contributed by atoms with Crippen LogP contribution in [0.4, 0.5) is 0 Å². The van der Waals surface area contributed by atoms with Crippen LogP contribution in [0.15, 0.2) is 0 Å². The van der Waals surface area contributed by atoms with Crippen LogP contribution in [0.2, 0.25) is 0 Å². The zero-order valence-electron chi connectivity index (χ0n) is 9.71. The Bertz CT molecular complexity index is 197. The SMILES string of the molecule is CCOCCC(=O)NC1CCNC(C)C1. The van der Waals surface area contributed by atoms with Gasteiger partial charge in [-0.15, -0.1) is 0 Å². The van der Waals surface area contributed by atoms with E-state index >= 15 is 0 Å². The van der Waals surface area contributed by atoms with Crippen LogP contribution in [0, 0.1) is 0 Å². The lowest BCUT2D eigenvalue weighted by atomic mass is 10.0. The molecule has 2 atom stereocenters. The van der Waals surface area contributed by atoms with Crippen molar-refractivity contribution in [3.63, 3.8) is 0 Å². The van der Waals surface area contributed by atoms with Crippen LogP contribution >= 0.6 is 0 Å². The summed E-state index contributed by atoms with van der Waals surface area (Å²) in [5.41, 5.74) is 0. The quantitative estimate of drug-likeness (QED) is 0.661. The molecular weight excluding hydrogens is 192 g/mol. The molecule has 2 N–H and O–H groups in total. The zero-order chi connectivity index (χ0) is 11.1. The number of hydrogen-bond donors (Lipinski definition) is 2. The molecule has 0 aromatic heterocycles. The van der Waals surface area contributed by atoms with Gasteiger partial charge >= 0.3 is 0 Å². The lowest BCUT2D eigenvalue weighted by molar-refractivity contribution is -0.123. The monoisotopic (exact) mass is 214 g/mol. The Hall–Kier alpha value is -0.610. The summed E-state index contributed by atoms with van der Waals surface area (Å²) in [6, 6.07) is 0.853. The highest BCUT2D eigenvalue weighted by Crippen LogP contribution is 2.07. The van der Waals surface area contributed by atoms with Crippen LogP contribution in [0.5, 0.6) is 0 Å². The molecule has 0 saturated carbocycles. The van der Waals surface area contributed by atoms with Gasteiger partial charge in [0.2, 0.25) is 5.91 Å². The van der Waals surface area contributed by atoms with Gasteiger partial charge in [0, 0.05) is 25.1 Å². The fourth-order valence-corrected chi connectivity index (χ4v) is 1.87. The summed E-state index contributed by atoms with van der Waals surface area (Å²) in [6.45, 7) is 6.29. The van der Waals surface area contributed by atoms with Crippen molar-refractivity contribution in [2.24, 2.45) is 0 Å². The maximum absolute atomic E-state index is 11.5. The topological polar surface area (TPSA) is 50.4 Å². The Morgan fingerprint density at radius 3 is 3.07 bits per heavy atom. The second-order valence-electron chi connectivity index (χ2n) is 4.09. The van der Waals surface area contributed by atoms with E-state index in [-0.39, 0.29) is 5.91 Å². The van der Waals surface area contributed by atoms with Crippen molar-refractivity contribution in [1.82, 2.24) is 10.6 Å². The number of hydrogen-bond acceptors (Lipinski definition) is 3. The second-order valence-corrected chi connectivity index (χ2v) is 4.09. The predicted molar refractivity (Wildman–Crippen MR) is 59.7 cm³/mol. The van der Waals surface area contributed by atoms with Gasteiger partial charge in [-0.05, 0) is 33.2 Å². The molecule has 15 heavy (non-hydrogen) atoms. The molecule has 1 aliphatic heterocycles. The number of carbonyl (C=O) groups is 1. The van der Waals surface area contributed by atoms with E-state index in [4.69, 9.17) is 4.74 Å². The van der Waals surface area contributed by atoms with E-state index in [9.17, 15) is 4.79 Å². The number of ether oxygens (including phenoxy) is 1. The number of nitrogens with one attached hydrogen (secondary N) is 2. The molecule has 0 spiro atoms. The van der Waals surface area contributed by atoms with Gasteiger partial charge in [0.1, 0.15) is 0 Å². The molecule has 1 heterocycles. The van der Waals surface area contributed by atoms with Gasteiger partial charge in [0.05, 0.1) is 6.61 Å². The van der Waals surface area contributed by atoms with Crippen LogP contribution in [-0.4, -0.2) is 37.7 Å². The van der Waals surface area contributed by atoms with E-state index in [1.807, 2.05) is 6.92 Å². The van der Waals surface area contributed by atoms with Gasteiger partial charge in [-0.2, -0.15) is 0 Å². The van der Waals surface area contributed by atoms with E-state index in [2.05, 4.69) is 17.6 Å². The smallest absolute Gasteiger partial charge is 0.222 e. The van der Waals surface area contributed by atoms with Crippen molar-refractivity contribution >= 4 is 5.91 Å². The summed E-state index contributed by atoms with van der Waals surface area (Å²) in [4.78, 5) is 11.5.